The summed E-state index contributed by atoms with van der Waals surface area (Å²) in [5.41, 5.74) is 2.94. The van der Waals surface area contributed by atoms with Crippen molar-refractivity contribution in [3.05, 3.63) is 80.7 Å². The highest BCUT2D eigenvalue weighted by molar-refractivity contribution is 9.10. The van der Waals surface area contributed by atoms with Gasteiger partial charge in [0, 0.05) is 39.6 Å². The first-order valence-corrected chi connectivity index (χ1v) is 12.2. The van der Waals surface area contributed by atoms with Gasteiger partial charge < -0.3 is 15.5 Å². The van der Waals surface area contributed by atoms with Crippen LogP contribution in [-0.4, -0.2) is 27.4 Å². The van der Waals surface area contributed by atoms with E-state index >= 15 is 0 Å². The summed E-state index contributed by atoms with van der Waals surface area (Å²) in [7, 11) is 0. The van der Waals surface area contributed by atoms with E-state index in [2.05, 4.69) is 54.8 Å². The van der Waals surface area contributed by atoms with Crippen LogP contribution in [0.5, 0.6) is 0 Å². The van der Waals surface area contributed by atoms with Crippen LogP contribution < -0.4 is 10.6 Å². The second-order valence-electron chi connectivity index (χ2n) is 7.30. The van der Waals surface area contributed by atoms with Crippen molar-refractivity contribution in [1.82, 2.24) is 15.2 Å². The van der Waals surface area contributed by atoms with Crippen LogP contribution in [0.25, 0.3) is 0 Å². The molecule has 0 saturated carbocycles. The van der Waals surface area contributed by atoms with Crippen LogP contribution in [0.3, 0.4) is 0 Å². The highest BCUT2D eigenvalue weighted by Crippen LogP contribution is 2.41. The Morgan fingerprint density at radius 1 is 1.29 bits per heavy atom. The van der Waals surface area contributed by atoms with Gasteiger partial charge in [-0.25, -0.2) is 0 Å². The van der Waals surface area contributed by atoms with Crippen molar-refractivity contribution in [3.63, 3.8) is 0 Å². The predicted molar refractivity (Wildman–Crippen MR) is 133 cm³/mol. The lowest BCUT2D eigenvalue weighted by Gasteiger charge is -2.26. The summed E-state index contributed by atoms with van der Waals surface area (Å²) in [4.78, 5) is 20.6. The molecule has 4 rings (SSSR count). The smallest absolute Gasteiger partial charge is 0.226 e. The molecule has 0 radical (unpaired) electrons. The van der Waals surface area contributed by atoms with Crippen molar-refractivity contribution in [2.24, 2.45) is 0 Å². The minimum absolute atomic E-state index is 0.0175. The summed E-state index contributed by atoms with van der Waals surface area (Å²) < 4.78 is 1.04. The number of carbonyl (C=O) groups is 1. The van der Waals surface area contributed by atoms with E-state index in [4.69, 9.17) is 12.2 Å². The maximum Gasteiger partial charge on any atom is 0.226 e. The number of hydrogen-bond acceptors (Lipinski definition) is 4. The van der Waals surface area contributed by atoms with Crippen LogP contribution in [0, 0.1) is 0 Å². The Bertz CT molecular complexity index is 1070. The van der Waals surface area contributed by atoms with E-state index in [1.165, 1.54) is 4.88 Å². The first-order valence-electron chi connectivity index (χ1n) is 10.2. The predicted octanol–water partition coefficient (Wildman–Crippen LogP) is 5.47. The zero-order valence-corrected chi connectivity index (χ0v) is 20.3. The van der Waals surface area contributed by atoms with Gasteiger partial charge in [-0.05, 0) is 64.4 Å². The number of nitrogens with one attached hydrogen (secondary N) is 2. The third-order valence-electron chi connectivity index (χ3n) is 5.33. The number of para-hydroxylation sites is 1. The fourth-order valence-electron chi connectivity index (χ4n) is 3.82. The Morgan fingerprint density at radius 3 is 2.81 bits per heavy atom. The molecule has 160 valence electrons. The number of hydrogen-bond donors (Lipinski definition) is 2. The number of carbonyl (C=O) groups excluding carboxylic acids is 1. The number of pyridine rings is 1. The number of halogens is 1. The Hall–Kier alpha value is -2.29. The average molecular weight is 516 g/mol. The molecule has 2 atom stereocenters. The maximum absolute atomic E-state index is 12.7. The van der Waals surface area contributed by atoms with Crippen LogP contribution in [0.15, 0.2) is 64.6 Å². The second-order valence-corrected chi connectivity index (χ2v) is 9.54. The van der Waals surface area contributed by atoms with Gasteiger partial charge in [-0.3, -0.25) is 9.78 Å². The molecule has 8 heteroatoms. The van der Waals surface area contributed by atoms with Crippen molar-refractivity contribution in [3.8, 4) is 0 Å². The van der Waals surface area contributed by atoms with Gasteiger partial charge in [0.2, 0.25) is 5.91 Å². The van der Waals surface area contributed by atoms with Gasteiger partial charge in [0.25, 0.3) is 0 Å². The average Bonchev–Trinajstić information content (AvgIpc) is 3.35. The van der Waals surface area contributed by atoms with Gasteiger partial charge in [0.15, 0.2) is 5.11 Å². The summed E-state index contributed by atoms with van der Waals surface area (Å²) in [5.74, 6) is -0.0175. The molecule has 0 aliphatic carbocycles. The van der Waals surface area contributed by atoms with E-state index < -0.39 is 0 Å². The molecule has 1 saturated heterocycles. The van der Waals surface area contributed by atoms with Gasteiger partial charge >= 0.3 is 0 Å². The minimum atomic E-state index is -0.0665. The molecule has 2 N–H and O–H groups in total. The minimum Gasteiger partial charge on any atom is -0.352 e. The van der Waals surface area contributed by atoms with Gasteiger partial charge in [-0.2, -0.15) is 0 Å². The first-order chi connectivity index (χ1) is 15.1. The molecule has 1 aliphatic rings. The van der Waals surface area contributed by atoms with E-state index in [1.807, 2.05) is 42.5 Å². The van der Waals surface area contributed by atoms with Crippen LogP contribution >= 0.6 is 39.5 Å². The van der Waals surface area contributed by atoms with E-state index in [-0.39, 0.29) is 18.0 Å². The first kappa shape index (κ1) is 21.9. The van der Waals surface area contributed by atoms with Crippen molar-refractivity contribution in [2.45, 2.75) is 31.8 Å². The number of thiophene rings is 1. The zero-order chi connectivity index (χ0) is 21.8. The number of amides is 1. The van der Waals surface area contributed by atoms with Crippen molar-refractivity contribution < 1.29 is 4.79 Å². The molecule has 0 spiro atoms. The van der Waals surface area contributed by atoms with Gasteiger partial charge in [0.1, 0.15) is 0 Å². The molecule has 0 bridgehead atoms. The largest absolute Gasteiger partial charge is 0.352 e. The molecule has 1 amide bonds. The monoisotopic (exact) mass is 514 g/mol. The highest BCUT2D eigenvalue weighted by atomic mass is 79.9. The van der Waals surface area contributed by atoms with Gasteiger partial charge in [0.05, 0.1) is 17.8 Å². The summed E-state index contributed by atoms with van der Waals surface area (Å²) in [6.45, 7) is 2.61. The number of aromatic nitrogens is 1. The van der Waals surface area contributed by atoms with E-state index in [0.717, 1.165) is 27.8 Å². The molecular weight excluding hydrogens is 492 g/mol. The second kappa shape index (κ2) is 9.89. The highest BCUT2D eigenvalue weighted by Gasteiger charge is 2.40. The molecule has 1 fully saturated rings. The lowest BCUT2D eigenvalue weighted by molar-refractivity contribution is -0.116. The Morgan fingerprint density at radius 2 is 2.10 bits per heavy atom. The Labute approximate surface area is 200 Å². The third-order valence-corrected chi connectivity index (χ3v) is 7.45. The molecule has 3 heterocycles. The number of anilines is 1. The standard InChI is InChI=1S/C23H23BrN4OS2/c1-2-15-7-3-4-8-17(15)26-20(29)10-12-28-22(19-13-16(24)14-31-19)21(27-23(28)30)18-9-5-6-11-25-18/h3-9,11,13-14,21-22H,2,10,12H2,1H3,(H,26,29)(H,27,30). The third kappa shape index (κ3) is 4.97. The van der Waals surface area contributed by atoms with Crippen LogP contribution in [-0.2, 0) is 11.2 Å². The van der Waals surface area contributed by atoms with Crippen molar-refractivity contribution in [1.29, 1.82) is 0 Å². The quantitative estimate of drug-likeness (QED) is 0.409. The Balaban J connectivity index is 1.52. The maximum atomic E-state index is 12.7. The van der Waals surface area contributed by atoms with Crippen molar-refractivity contribution >= 4 is 56.2 Å². The molecule has 3 aromatic rings. The number of nitrogens with zero attached hydrogens (tertiary/aromatic N) is 2. The fourth-order valence-corrected chi connectivity index (χ4v) is 5.75. The molecule has 2 unspecified atom stereocenters. The SMILES string of the molecule is CCc1ccccc1NC(=O)CCN1C(=S)NC(c2ccccn2)C1c1cc(Br)cs1. The molecule has 31 heavy (non-hydrogen) atoms. The molecule has 2 aromatic heterocycles. The number of thiocarbonyl (C=S) groups is 1. The molecular formula is C23H23BrN4OS2. The van der Waals surface area contributed by atoms with Crippen molar-refractivity contribution in [2.75, 3.05) is 11.9 Å². The van der Waals surface area contributed by atoms with E-state index in [0.29, 0.717) is 18.1 Å². The Kier molecular flexibility index (Phi) is 6.99. The lowest BCUT2D eigenvalue weighted by Crippen LogP contribution is -2.32. The summed E-state index contributed by atoms with van der Waals surface area (Å²) >= 11 is 10.9. The number of aryl methyl sites for hydroxylation is 1. The fraction of sp³-hybridized carbons (Fsp3) is 0.261. The summed E-state index contributed by atoms with van der Waals surface area (Å²) in [6.07, 6.45) is 3.01. The number of benzene rings is 1. The molecule has 1 aliphatic heterocycles. The molecule has 5 nitrogen and oxygen atoms in total. The topological polar surface area (TPSA) is 57.3 Å². The number of rotatable bonds is 7. The normalized spacial score (nSPS) is 18.1. The summed E-state index contributed by atoms with van der Waals surface area (Å²) in [5, 5.41) is 9.19. The van der Waals surface area contributed by atoms with Crippen LogP contribution in [0.2, 0.25) is 0 Å². The van der Waals surface area contributed by atoms with E-state index in [1.54, 1.807) is 17.5 Å². The van der Waals surface area contributed by atoms with Crippen LogP contribution in [0.1, 0.15) is 41.6 Å². The van der Waals surface area contributed by atoms with Gasteiger partial charge in [-0.15, -0.1) is 11.3 Å². The van der Waals surface area contributed by atoms with Gasteiger partial charge in [-0.1, -0.05) is 31.2 Å². The summed E-state index contributed by atoms with van der Waals surface area (Å²) in [6, 6.07) is 15.8. The van der Waals surface area contributed by atoms with Crippen LogP contribution in [0.4, 0.5) is 5.69 Å². The molecule has 1 aromatic carbocycles. The zero-order valence-electron chi connectivity index (χ0n) is 17.0. The lowest BCUT2D eigenvalue weighted by atomic mass is 10.0. The van der Waals surface area contributed by atoms with E-state index in [9.17, 15) is 4.79 Å².